The van der Waals surface area contributed by atoms with Crippen LogP contribution in [0.5, 0.6) is 0 Å². The lowest BCUT2D eigenvalue weighted by Gasteiger charge is -2.15. The summed E-state index contributed by atoms with van der Waals surface area (Å²) in [6.07, 6.45) is 2.38. The Hall–Kier alpha value is -1.33. The van der Waals surface area contributed by atoms with Gasteiger partial charge in [-0.15, -0.1) is 0 Å². The fraction of sp³-hybridized carbons (Fsp3) is 0.615. The van der Waals surface area contributed by atoms with E-state index in [0.717, 1.165) is 12.2 Å². The number of ether oxygens (including phenoxy) is 1. The van der Waals surface area contributed by atoms with Crippen molar-refractivity contribution in [3.8, 4) is 0 Å². The zero-order valence-electron chi connectivity index (χ0n) is 11.0. The van der Waals surface area contributed by atoms with E-state index in [1.165, 1.54) is 0 Å². The Morgan fingerprint density at radius 3 is 2.94 bits per heavy atom. The third-order valence-electron chi connectivity index (χ3n) is 2.61. The second-order valence-corrected chi connectivity index (χ2v) is 4.55. The van der Waals surface area contributed by atoms with E-state index < -0.39 is 6.04 Å². The standard InChI is InChI=1S/C13H22N2O3/c1-10(2)12(14)13(16)15-6-4-7-17-9-11-5-3-8-18-11/h3,5,8,10,12H,4,6-7,9,14H2,1-2H3,(H,15,16). The van der Waals surface area contributed by atoms with E-state index in [9.17, 15) is 4.79 Å². The highest BCUT2D eigenvalue weighted by Crippen LogP contribution is 2.02. The molecule has 1 aromatic rings. The molecule has 0 fully saturated rings. The van der Waals surface area contributed by atoms with E-state index >= 15 is 0 Å². The van der Waals surface area contributed by atoms with Crippen molar-refractivity contribution < 1.29 is 13.9 Å². The molecule has 3 N–H and O–H groups in total. The van der Waals surface area contributed by atoms with Gasteiger partial charge < -0.3 is 20.2 Å². The summed E-state index contributed by atoms with van der Waals surface area (Å²) >= 11 is 0. The van der Waals surface area contributed by atoms with Gasteiger partial charge in [0.15, 0.2) is 0 Å². The number of nitrogens with one attached hydrogen (secondary N) is 1. The van der Waals surface area contributed by atoms with Gasteiger partial charge >= 0.3 is 0 Å². The van der Waals surface area contributed by atoms with Crippen LogP contribution in [-0.2, 0) is 16.1 Å². The zero-order chi connectivity index (χ0) is 13.4. The number of amides is 1. The van der Waals surface area contributed by atoms with Gasteiger partial charge in [0.1, 0.15) is 12.4 Å². The SMILES string of the molecule is CC(C)C(N)C(=O)NCCCOCc1ccco1. The summed E-state index contributed by atoms with van der Waals surface area (Å²) in [6.45, 7) is 5.48. The second-order valence-electron chi connectivity index (χ2n) is 4.55. The quantitative estimate of drug-likeness (QED) is 0.685. The van der Waals surface area contributed by atoms with Crippen LogP contribution in [0.15, 0.2) is 22.8 Å². The molecule has 0 aliphatic rings. The zero-order valence-corrected chi connectivity index (χ0v) is 11.0. The summed E-state index contributed by atoms with van der Waals surface area (Å²) in [5.41, 5.74) is 5.71. The highest BCUT2D eigenvalue weighted by molar-refractivity contribution is 5.81. The molecule has 1 atom stereocenters. The molecular weight excluding hydrogens is 232 g/mol. The molecule has 0 aliphatic carbocycles. The first-order valence-corrected chi connectivity index (χ1v) is 6.24. The van der Waals surface area contributed by atoms with Crippen molar-refractivity contribution in [2.45, 2.75) is 32.9 Å². The summed E-state index contributed by atoms with van der Waals surface area (Å²) < 4.78 is 10.5. The minimum atomic E-state index is -0.436. The van der Waals surface area contributed by atoms with Crippen LogP contribution >= 0.6 is 0 Å². The van der Waals surface area contributed by atoms with E-state index in [-0.39, 0.29) is 11.8 Å². The van der Waals surface area contributed by atoms with E-state index in [1.54, 1.807) is 6.26 Å². The molecule has 0 spiro atoms. The summed E-state index contributed by atoms with van der Waals surface area (Å²) in [4.78, 5) is 11.5. The highest BCUT2D eigenvalue weighted by atomic mass is 16.5. The Morgan fingerprint density at radius 2 is 2.33 bits per heavy atom. The van der Waals surface area contributed by atoms with Crippen molar-refractivity contribution in [1.82, 2.24) is 5.32 Å². The number of rotatable bonds is 8. The molecule has 1 heterocycles. The van der Waals surface area contributed by atoms with Gasteiger partial charge in [-0.1, -0.05) is 13.8 Å². The lowest BCUT2D eigenvalue weighted by atomic mass is 10.1. The van der Waals surface area contributed by atoms with Gasteiger partial charge in [-0.25, -0.2) is 0 Å². The maximum Gasteiger partial charge on any atom is 0.237 e. The van der Waals surface area contributed by atoms with Crippen molar-refractivity contribution >= 4 is 5.91 Å². The lowest BCUT2D eigenvalue weighted by molar-refractivity contribution is -0.123. The van der Waals surface area contributed by atoms with Gasteiger partial charge in [0.2, 0.25) is 5.91 Å². The predicted octanol–water partition coefficient (Wildman–Crippen LogP) is 1.29. The Bertz CT molecular complexity index is 336. The van der Waals surface area contributed by atoms with Gasteiger partial charge in [0, 0.05) is 13.2 Å². The highest BCUT2D eigenvalue weighted by Gasteiger charge is 2.15. The lowest BCUT2D eigenvalue weighted by Crippen LogP contribution is -2.44. The van der Waals surface area contributed by atoms with Crippen LogP contribution in [0.4, 0.5) is 0 Å². The van der Waals surface area contributed by atoms with Crippen molar-refractivity contribution in [2.24, 2.45) is 11.7 Å². The normalized spacial score (nSPS) is 12.7. The molecule has 5 heteroatoms. The summed E-state index contributed by atoms with van der Waals surface area (Å²) in [5, 5.41) is 2.79. The largest absolute Gasteiger partial charge is 0.467 e. The van der Waals surface area contributed by atoms with Crippen molar-refractivity contribution in [1.29, 1.82) is 0 Å². The summed E-state index contributed by atoms with van der Waals surface area (Å²) in [7, 11) is 0. The topological polar surface area (TPSA) is 77.5 Å². The van der Waals surface area contributed by atoms with Gasteiger partial charge in [-0.2, -0.15) is 0 Å². The maximum absolute atomic E-state index is 11.5. The monoisotopic (exact) mass is 254 g/mol. The number of carbonyl (C=O) groups is 1. The van der Waals surface area contributed by atoms with E-state index in [2.05, 4.69) is 5.32 Å². The first-order chi connectivity index (χ1) is 8.61. The molecule has 18 heavy (non-hydrogen) atoms. The third-order valence-corrected chi connectivity index (χ3v) is 2.61. The fourth-order valence-corrected chi connectivity index (χ4v) is 1.37. The van der Waals surface area contributed by atoms with Crippen LogP contribution in [0.1, 0.15) is 26.0 Å². The average Bonchev–Trinajstić information content (AvgIpc) is 2.85. The molecule has 102 valence electrons. The number of hydrogen-bond donors (Lipinski definition) is 2. The van der Waals surface area contributed by atoms with Gasteiger partial charge in [-0.05, 0) is 24.5 Å². The number of furan rings is 1. The molecule has 0 saturated heterocycles. The van der Waals surface area contributed by atoms with Crippen LogP contribution in [0.3, 0.4) is 0 Å². The van der Waals surface area contributed by atoms with E-state index in [0.29, 0.717) is 19.8 Å². The van der Waals surface area contributed by atoms with Crippen molar-refractivity contribution in [2.75, 3.05) is 13.2 Å². The Morgan fingerprint density at radius 1 is 1.56 bits per heavy atom. The van der Waals surface area contributed by atoms with Crippen LogP contribution in [-0.4, -0.2) is 25.1 Å². The Balaban J connectivity index is 2.00. The summed E-state index contributed by atoms with van der Waals surface area (Å²) in [6, 6.07) is 3.25. The first kappa shape index (κ1) is 14.7. The average molecular weight is 254 g/mol. The van der Waals surface area contributed by atoms with Gasteiger partial charge in [-0.3, -0.25) is 4.79 Å². The predicted molar refractivity (Wildman–Crippen MR) is 68.8 cm³/mol. The molecule has 0 bridgehead atoms. The van der Waals surface area contributed by atoms with Crippen molar-refractivity contribution in [3.63, 3.8) is 0 Å². The fourth-order valence-electron chi connectivity index (χ4n) is 1.37. The molecule has 0 saturated carbocycles. The molecule has 1 rings (SSSR count). The van der Waals surface area contributed by atoms with Gasteiger partial charge in [0.25, 0.3) is 0 Å². The molecule has 1 aromatic heterocycles. The number of carbonyl (C=O) groups excluding carboxylic acids is 1. The summed E-state index contributed by atoms with van der Waals surface area (Å²) in [5.74, 6) is 0.858. The number of hydrogen-bond acceptors (Lipinski definition) is 4. The molecule has 5 nitrogen and oxygen atoms in total. The van der Waals surface area contributed by atoms with Crippen molar-refractivity contribution in [3.05, 3.63) is 24.2 Å². The number of nitrogens with two attached hydrogens (primary N) is 1. The van der Waals surface area contributed by atoms with Crippen LogP contribution in [0.2, 0.25) is 0 Å². The van der Waals surface area contributed by atoms with Gasteiger partial charge in [0.05, 0.1) is 12.3 Å². The first-order valence-electron chi connectivity index (χ1n) is 6.24. The van der Waals surface area contributed by atoms with Crippen LogP contribution in [0.25, 0.3) is 0 Å². The minimum absolute atomic E-state index is 0.101. The molecule has 0 aromatic carbocycles. The Labute approximate surface area is 108 Å². The maximum atomic E-state index is 11.5. The minimum Gasteiger partial charge on any atom is -0.467 e. The molecule has 0 radical (unpaired) electrons. The third kappa shape index (κ3) is 5.33. The Kier molecular flexibility index (Phi) is 6.46. The molecular formula is C13H22N2O3. The molecule has 0 aliphatic heterocycles. The van der Waals surface area contributed by atoms with Crippen LogP contribution in [0, 0.1) is 5.92 Å². The van der Waals surface area contributed by atoms with E-state index in [4.69, 9.17) is 14.9 Å². The smallest absolute Gasteiger partial charge is 0.237 e. The van der Waals surface area contributed by atoms with E-state index in [1.807, 2.05) is 26.0 Å². The van der Waals surface area contributed by atoms with Crippen LogP contribution < -0.4 is 11.1 Å². The molecule has 1 unspecified atom stereocenters. The molecule has 1 amide bonds. The second kappa shape index (κ2) is 7.89.